The molecular formula is C17H24N4OS. The Kier molecular flexibility index (Phi) is 4.94. The average Bonchev–Trinajstić information content (AvgIpc) is 2.75. The number of morpholine rings is 1. The summed E-state index contributed by atoms with van der Waals surface area (Å²) in [5.74, 6) is 0.952. The van der Waals surface area contributed by atoms with Gasteiger partial charge in [0.25, 0.3) is 0 Å². The molecule has 1 aliphatic heterocycles. The van der Waals surface area contributed by atoms with Crippen molar-refractivity contribution >= 4 is 12.2 Å². The van der Waals surface area contributed by atoms with Crippen LogP contribution in [0.5, 0.6) is 0 Å². The lowest BCUT2D eigenvalue weighted by Gasteiger charge is -2.34. The third-order valence-electron chi connectivity index (χ3n) is 4.12. The van der Waals surface area contributed by atoms with Crippen molar-refractivity contribution in [3.8, 4) is 0 Å². The van der Waals surface area contributed by atoms with E-state index in [4.69, 9.17) is 17.0 Å². The van der Waals surface area contributed by atoms with Gasteiger partial charge in [-0.3, -0.25) is 9.47 Å². The van der Waals surface area contributed by atoms with E-state index >= 15 is 0 Å². The van der Waals surface area contributed by atoms with Crippen LogP contribution < -0.4 is 0 Å². The van der Waals surface area contributed by atoms with E-state index in [-0.39, 0.29) is 12.2 Å². The minimum atomic E-state index is 0.250. The Bertz CT molecular complexity index is 699. The molecular weight excluding hydrogens is 308 g/mol. The molecule has 0 N–H and O–H groups in total. The first-order valence-corrected chi connectivity index (χ1v) is 8.49. The normalized spacial score (nSPS) is 22.4. The molecule has 0 bridgehead atoms. The third-order valence-corrected chi connectivity index (χ3v) is 4.55. The molecule has 1 saturated heterocycles. The summed E-state index contributed by atoms with van der Waals surface area (Å²) in [6.07, 6.45) is 0.501. The van der Waals surface area contributed by atoms with E-state index in [9.17, 15) is 0 Å². The van der Waals surface area contributed by atoms with Gasteiger partial charge in [-0.25, -0.2) is 4.68 Å². The minimum absolute atomic E-state index is 0.250. The number of aryl methyl sites for hydroxylation is 1. The van der Waals surface area contributed by atoms with Gasteiger partial charge in [0.1, 0.15) is 5.82 Å². The molecule has 5 nitrogen and oxygen atoms in total. The summed E-state index contributed by atoms with van der Waals surface area (Å²) in [6.45, 7) is 9.55. The Morgan fingerprint density at radius 2 is 1.83 bits per heavy atom. The van der Waals surface area contributed by atoms with E-state index in [0.29, 0.717) is 0 Å². The van der Waals surface area contributed by atoms with Gasteiger partial charge in [-0.1, -0.05) is 30.3 Å². The average molecular weight is 332 g/mol. The Balaban J connectivity index is 1.77. The van der Waals surface area contributed by atoms with Gasteiger partial charge in [0.2, 0.25) is 0 Å². The van der Waals surface area contributed by atoms with Crippen molar-refractivity contribution in [3.63, 3.8) is 0 Å². The van der Waals surface area contributed by atoms with E-state index in [1.54, 1.807) is 0 Å². The predicted molar refractivity (Wildman–Crippen MR) is 92.9 cm³/mol. The van der Waals surface area contributed by atoms with E-state index in [0.717, 1.165) is 36.9 Å². The van der Waals surface area contributed by atoms with Crippen LogP contribution in [-0.2, 0) is 18.0 Å². The van der Waals surface area contributed by atoms with Crippen LogP contribution in [0.4, 0.5) is 0 Å². The second kappa shape index (κ2) is 6.95. The highest BCUT2D eigenvalue weighted by atomic mass is 32.1. The SMILES string of the molecule is Cc1nn(CN2CC(C)OC(C)C2)c(=S)n1Cc1ccccc1. The number of hydrogen-bond acceptors (Lipinski definition) is 4. The summed E-state index contributed by atoms with van der Waals surface area (Å²) in [6, 6.07) is 10.4. The summed E-state index contributed by atoms with van der Waals surface area (Å²) >= 11 is 5.64. The van der Waals surface area contributed by atoms with Gasteiger partial charge in [0, 0.05) is 13.1 Å². The quantitative estimate of drug-likeness (QED) is 0.807. The zero-order valence-electron chi connectivity index (χ0n) is 14.0. The molecule has 0 radical (unpaired) electrons. The molecule has 1 aromatic heterocycles. The van der Waals surface area contributed by atoms with Crippen LogP contribution in [0, 0.1) is 11.7 Å². The molecule has 0 amide bonds. The second-order valence-electron chi connectivity index (χ2n) is 6.34. The van der Waals surface area contributed by atoms with Gasteiger partial charge >= 0.3 is 0 Å². The van der Waals surface area contributed by atoms with Crippen molar-refractivity contribution in [1.82, 2.24) is 19.2 Å². The summed E-state index contributed by atoms with van der Waals surface area (Å²) in [5, 5.41) is 4.64. The Hall–Kier alpha value is -1.50. The maximum Gasteiger partial charge on any atom is 0.199 e. The highest BCUT2D eigenvalue weighted by Gasteiger charge is 2.23. The van der Waals surface area contributed by atoms with Crippen molar-refractivity contribution in [1.29, 1.82) is 0 Å². The largest absolute Gasteiger partial charge is 0.373 e. The predicted octanol–water partition coefficient (Wildman–Crippen LogP) is 2.84. The first kappa shape index (κ1) is 16.4. The Morgan fingerprint density at radius 3 is 2.48 bits per heavy atom. The number of nitrogens with zero attached hydrogens (tertiary/aromatic N) is 4. The molecule has 0 spiro atoms. The Morgan fingerprint density at radius 1 is 1.17 bits per heavy atom. The lowest BCUT2D eigenvalue weighted by atomic mass is 10.2. The van der Waals surface area contributed by atoms with Gasteiger partial charge in [0.15, 0.2) is 4.77 Å². The maximum atomic E-state index is 5.79. The van der Waals surface area contributed by atoms with Gasteiger partial charge in [-0.2, -0.15) is 5.10 Å². The summed E-state index contributed by atoms with van der Waals surface area (Å²) in [5.41, 5.74) is 1.24. The van der Waals surface area contributed by atoms with Gasteiger partial charge in [-0.05, 0) is 38.6 Å². The molecule has 1 aliphatic rings. The summed E-state index contributed by atoms with van der Waals surface area (Å²) in [4.78, 5) is 2.36. The van der Waals surface area contributed by atoms with Crippen molar-refractivity contribution in [2.24, 2.45) is 0 Å². The lowest BCUT2D eigenvalue weighted by Crippen LogP contribution is -2.46. The van der Waals surface area contributed by atoms with Crippen LogP contribution in [0.2, 0.25) is 0 Å². The number of aromatic nitrogens is 3. The molecule has 2 heterocycles. The summed E-state index contributed by atoms with van der Waals surface area (Å²) < 4.78 is 10.6. The molecule has 0 aliphatic carbocycles. The second-order valence-corrected chi connectivity index (χ2v) is 6.70. The Labute approximate surface area is 142 Å². The van der Waals surface area contributed by atoms with Crippen molar-refractivity contribution in [3.05, 3.63) is 46.5 Å². The topological polar surface area (TPSA) is 35.2 Å². The number of ether oxygens (including phenoxy) is 1. The van der Waals surface area contributed by atoms with Crippen LogP contribution in [0.25, 0.3) is 0 Å². The van der Waals surface area contributed by atoms with Crippen LogP contribution in [-0.4, -0.2) is 44.5 Å². The maximum absolute atomic E-state index is 5.79. The van der Waals surface area contributed by atoms with E-state index in [2.05, 4.69) is 52.7 Å². The number of benzene rings is 1. The zero-order chi connectivity index (χ0) is 16.4. The van der Waals surface area contributed by atoms with Gasteiger partial charge < -0.3 is 4.74 Å². The summed E-state index contributed by atoms with van der Waals surface area (Å²) in [7, 11) is 0. The number of rotatable bonds is 4. The van der Waals surface area contributed by atoms with Crippen LogP contribution in [0.15, 0.2) is 30.3 Å². The van der Waals surface area contributed by atoms with Gasteiger partial charge in [0.05, 0.1) is 25.4 Å². The van der Waals surface area contributed by atoms with Crippen LogP contribution in [0.1, 0.15) is 25.2 Å². The zero-order valence-corrected chi connectivity index (χ0v) is 14.8. The van der Waals surface area contributed by atoms with Crippen LogP contribution >= 0.6 is 12.2 Å². The van der Waals surface area contributed by atoms with Crippen molar-refractivity contribution in [2.45, 2.75) is 46.2 Å². The van der Waals surface area contributed by atoms with Crippen molar-refractivity contribution in [2.75, 3.05) is 13.1 Å². The molecule has 124 valence electrons. The fourth-order valence-corrected chi connectivity index (χ4v) is 3.47. The van der Waals surface area contributed by atoms with E-state index in [1.165, 1.54) is 5.56 Å². The first-order valence-electron chi connectivity index (χ1n) is 8.09. The molecule has 1 aromatic carbocycles. The molecule has 2 unspecified atom stereocenters. The van der Waals surface area contributed by atoms with Crippen molar-refractivity contribution < 1.29 is 4.74 Å². The molecule has 1 fully saturated rings. The highest BCUT2D eigenvalue weighted by Crippen LogP contribution is 2.13. The fourth-order valence-electron chi connectivity index (χ4n) is 3.18. The smallest absolute Gasteiger partial charge is 0.199 e. The molecule has 6 heteroatoms. The molecule has 3 rings (SSSR count). The molecule has 23 heavy (non-hydrogen) atoms. The van der Waals surface area contributed by atoms with Crippen LogP contribution in [0.3, 0.4) is 0 Å². The first-order chi connectivity index (χ1) is 11.0. The lowest BCUT2D eigenvalue weighted by molar-refractivity contribution is -0.0777. The molecule has 2 aromatic rings. The monoisotopic (exact) mass is 332 g/mol. The van der Waals surface area contributed by atoms with E-state index in [1.807, 2.05) is 17.7 Å². The minimum Gasteiger partial charge on any atom is -0.373 e. The number of hydrogen-bond donors (Lipinski definition) is 0. The third kappa shape index (κ3) is 3.88. The van der Waals surface area contributed by atoms with E-state index < -0.39 is 0 Å². The highest BCUT2D eigenvalue weighted by molar-refractivity contribution is 7.71. The standard InChI is InChI=1S/C17H24N4OS/c1-13-9-19(10-14(2)22-13)12-21-17(23)20(15(3)18-21)11-16-7-5-4-6-8-16/h4-8,13-14H,9-12H2,1-3H3. The van der Waals surface area contributed by atoms with Gasteiger partial charge in [-0.15, -0.1) is 0 Å². The molecule has 2 atom stereocenters. The molecule has 0 saturated carbocycles. The fraction of sp³-hybridized carbons (Fsp3) is 0.529.